The first-order valence-electron chi connectivity index (χ1n) is 5.37. The molecular weight excluding hydrogens is 196 g/mol. The van der Waals surface area contributed by atoms with Gasteiger partial charge in [-0.2, -0.15) is 0 Å². The molecule has 0 aromatic heterocycles. The summed E-state index contributed by atoms with van der Waals surface area (Å²) in [5, 5.41) is 6.11. The van der Waals surface area contributed by atoms with Crippen LogP contribution >= 0.6 is 0 Å². The predicted molar refractivity (Wildman–Crippen MR) is 56.7 cm³/mol. The van der Waals surface area contributed by atoms with Gasteiger partial charge in [0.2, 0.25) is 5.91 Å². The third-order valence-corrected chi connectivity index (χ3v) is 2.42. The van der Waals surface area contributed by atoms with E-state index in [0.29, 0.717) is 19.1 Å². The van der Waals surface area contributed by atoms with Crippen LogP contribution in [0.5, 0.6) is 0 Å². The molecule has 1 aliphatic heterocycles. The van der Waals surface area contributed by atoms with E-state index in [-0.39, 0.29) is 12.5 Å². The van der Waals surface area contributed by atoms with Gasteiger partial charge in [-0.1, -0.05) is 0 Å². The van der Waals surface area contributed by atoms with Crippen LogP contribution in [-0.4, -0.2) is 52.5 Å². The molecule has 0 aliphatic carbocycles. The van der Waals surface area contributed by atoms with Gasteiger partial charge in [0.15, 0.2) is 0 Å². The maximum atomic E-state index is 11.3. The number of carbonyl (C=O) groups excluding carboxylic acids is 1. The Hall–Kier alpha value is -0.650. The van der Waals surface area contributed by atoms with Crippen molar-refractivity contribution in [3.05, 3.63) is 0 Å². The maximum Gasteiger partial charge on any atom is 0.246 e. The first-order chi connectivity index (χ1) is 7.33. The average Bonchev–Trinajstić information content (AvgIpc) is 2.74. The molecule has 15 heavy (non-hydrogen) atoms. The summed E-state index contributed by atoms with van der Waals surface area (Å²) in [5.74, 6) is 0.533. The Morgan fingerprint density at radius 2 is 2.40 bits per heavy atom. The Kier molecular flexibility index (Phi) is 6.31. The molecule has 5 nitrogen and oxygen atoms in total. The highest BCUT2D eigenvalue weighted by molar-refractivity contribution is 5.77. The summed E-state index contributed by atoms with van der Waals surface area (Å²) in [5.41, 5.74) is 0. The van der Waals surface area contributed by atoms with E-state index in [0.717, 1.165) is 26.1 Å². The predicted octanol–water partition coefficient (Wildman–Crippen LogP) is -0.625. The molecule has 1 fully saturated rings. The Morgan fingerprint density at radius 1 is 1.53 bits per heavy atom. The number of hydrogen-bond acceptors (Lipinski definition) is 4. The molecule has 1 atom stereocenters. The standard InChI is InChI=1S/C10H20N2O3/c1-14-4-5-15-8-10(13)12-7-9-2-3-11-6-9/h9,11H,2-8H2,1H3,(H,12,13). The van der Waals surface area contributed by atoms with Crippen LogP contribution in [-0.2, 0) is 14.3 Å². The van der Waals surface area contributed by atoms with E-state index < -0.39 is 0 Å². The van der Waals surface area contributed by atoms with E-state index in [1.165, 1.54) is 0 Å². The minimum Gasteiger partial charge on any atom is -0.382 e. The molecule has 5 heteroatoms. The molecule has 0 radical (unpaired) electrons. The normalized spacial score (nSPS) is 20.5. The van der Waals surface area contributed by atoms with E-state index in [4.69, 9.17) is 9.47 Å². The Bertz CT molecular complexity index is 182. The van der Waals surface area contributed by atoms with Crippen LogP contribution < -0.4 is 10.6 Å². The van der Waals surface area contributed by atoms with Crippen molar-refractivity contribution in [2.24, 2.45) is 5.92 Å². The van der Waals surface area contributed by atoms with Gasteiger partial charge in [0, 0.05) is 13.7 Å². The van der Waals surface area contributed by atoms with E-state index >= 15 is 0 Å². The van der Waals surface area contributed by atoms with Gasteiger partial charge in [0.25, 0.3) is 0 Å². The second kappa shape index (κ2) is 7.62. The third kappa shape index (κ3) is 5.71. The maximum absolute atomic E-state index is 11.3. The second-order valence-electron chi connectivity index (χ2n) is 3.71. The van der Waals surface area contributed by atoms with Crippen molar-refractivity contribution in [3.8, 4) is 0 Å². The summed E-state index contributed by atoms with van der Waals surface area (Å²) < 4.78 is 9.90. The molecule has 1 unspecified atom stereocenters. The molecule has 1 amide bonds. The highest BCUT2D eigenvalue weighted by Gasteiger charge is 2.14. The summed E-state index contributed by atoms with van der Waals surface area (Å²) >= 11 is 0. The number of hydrogen-bond donors (Lipinski definition) is 2. The molecule has 88 valence electrons. The monoisotopic (exact) mass is 216 g/mol. The second-order valence-corrected chi connectivity index (χ2v) is 3.71. The summed E-state index contributed by atoms with van der Waals surface area (Å²) in [6.45, 7) is 3.94. The van der Waals surface area contributed by atoms with Crippen LogP contribution in [0.3, 0.4) is 0 Å². The van der Waals surface area contributed by atoms with Crippen molar-refractivity contribution < 1.29 is 14.3 Å². The molecule has 0 aromatic carbocycles. The van der Waals surface area contributed by atoms with Gasteiger partial charge in [-0.15, -0.1) is 0 Å². The van der Waals surface area contributed by atoms with Gasteiger partial charge < -0.3 is 20.1 Å². The number of ether oxygens (including phenoxy) is 2. The SMILES string of the molecule is COCCOCC(=O)NCC1CCNC1. The van der Waals surface area contributed by atoms with Crippen molar-refractivity contribution in [1.29, 1.82) is 0 Å². The number of methoxy groups -OCH3 is 1. The summed E-state index contributed by atoms with van der Waals surface area (Å²) in [6, 6.07) is 0. The zero-order valence-electron chi connectivity index (χ0n) is 9.25. The van der Waals surface area contributed by atoms with Crippen LogP contribution in [0.4, 0.5) is 0 Å². The molecule has 0 saturated carbocycles. The number of nitrogens with one attached hydrogen (secondary N) is 2. The highest BCUT2D eigenvalue weighted by Crippen LogP contribution is 2.04. The van der Waals surface area contributed by atoms with Gasteiger partial charge in [-0.05, 0) is 25.4 Å². The largest absolute Gasteiger partial charge is 0.382 e. The quantitative estimate of drug-likeness (QED) is 0.557. The topological polar surface area (TPSA) is 59.6 Å². The zero-order chi connectivity index (χ0) is 10.9. The van der Waals surface area contributed by atoms with E-state index in [1.54, 1.807) is 7.11 Å². The lowest BCUT2D eigenvalue weighted by atomic mass is 10.1. The molecule has 1 saturated heterocycles. The van der Waals surface area contributed by atoms with Crippen molar-refractivity contribution >= 4 is 5.91 Å². The first-order valence-corrected chi connectivity index (χ1v) is 5.37. The van der Waals surface area contributed by atoms with Crippen molar-refractivity contribution in [1.82, 2.24) is 10.6 Å². The van der Waals surface area contributed by atoms with E-state index in [2.05, 4.69) is 10.6 Å². The zero-order valence-corrected chi connectivity index (χ0v) is 9.25. The number of amides is 1. The highest BCUT2D eigenvalue weighted by atomic mass is 16.5. The van der Waals surface area contributed by atoms with Crippen LogP contribution in [0, 0.1) is 5.92 Å². The van der Waals surface area contributed by atoms with E-state index in [1.807, 2.05) is 0 Å². The molecule has 1 rings (SSSR count). The fourth-order valence-electron chi connectivity index (χ4n) is 1.50. The van der Waals surface area contributed by atoms with Crippen LogP contribution in [0.15, 0.2) is 0 Å². The lowest BCUT2D eigenvalue weighted by Gasteiger charge is -2.10. The first kappa shape index (κ1) is 12.4. The Balaban J connectivity index is 1.93. The molecule has 2 N–H and O–H groups in total. The van der Waals surface area contributed by atoms with Crippen molar-refractivity contribution in [2.45, 2.75) is 6.42 Å². The van der Waals surface area contributed by atoms with Crippen LogP contribution in [0.1, 0.15) is 6.42 Å². The molecule has 1 aliphatic rings. The molecule has 0 bridgehead atoms. The summed E-state index contributed by atoms with van der Waals surface area (Å²) in [6.07, 6.45) is 1.14. The van der Waals surface area contributed by atoms with Gasteiger partial charge in [-0.3, -0.25) is 4.79 Å². The Labute approximate surface area is 90.5 Å². The van der Waals surface area contributed by atoms with Gasteiger partial charge in [0.05, 0.1) is 13.2 Å². The number of carbonyl (C=O) groups is 1. The fraction of sp³-hybridized carbons (Fsp3) is 0.900. The molecular formula is C10H20N2O3. The lowest BCUT2D eigenvalue weighted by Crippen LogP contribution is -2.33. The Morgan fingerprint density at radius 3 is 3.07 bits per heavy atom. The molecule has 1 heterocycles. The summed E-state index contributed by atoms with van der Waals surface area (Å²) in [4.78, 5) is 11.3. The van der Waals surface area contributed by atoms with Crippen molar-refractivity contribution in [2.75, 3.05) is 46.6 Å². The average molecular weight is 216 g/mol. The third-order valence-electron chi connectivity index (χ3n) is 2.42. The smallest absolute Gasteiger partial charge is 0.246 e. The fourth-order valence-corrected chi connectivity index (χ4v) is 1.50. The minimum atomic E-state index is -0.0435. The van der Waals surface area contributed by atoms with Crippen LogP contribution in [0.2, 0.25) is 0 Å². The van der Waals surface area contributed by atoms with Crippen LogP contribution in [0.25, 0.3) is 0 Å². The lowest BCUT2D eigenvalue weighted by molar-refractivity contribution is -0.126. The van der Waals surface area contributed by atoms with Gasteiger partial charge in [0.1, 0.15) is 6.61 Å². The minimum absolute atomic E-state index is 0.0435. The summed E-state index contributed by atoms with van der Waals surface area (Å²) in [7, 11) is 1.61. The van der Waals surface area contributed by atoms with Gasteiger partial charge >= 0.3 is 0 Å². The van der Waals surface area contributed by atoms with Crippen molar-refractivity contribution in [3.63, 3.8) is 0 Å². The molecule has 0 aromatic rings. The molecule has 0 spiro atoms. The number of rotatable bonds is 7. The van der Waals surface area contributed by atoms with Gasteiger partial charge in [-0.25, -0.2) is 0 Å². The van der Waals surface area contributed by atoms with E-state index in [9.17, 15) is 4.79 Å².